The summed E-state index contributed by atoms with van der Waals surface area (Å²) >= 11 is 0. The molecule has 0 amide bonds. The van der Waals surface area contributed by atoms with Crippen LogP contribution in [0.15, 0.2) is 116 Å². The molecule has 2 aromatic heterocycles. The molecule has 2 N–H and O–H groups in total. The SMILES string of the molecule is O=P(O)(O)C[n+]1ccc(-c2cc[n+](-c3ccc(Oc4cccc5ccccc45)cc3)cc2)cc1. The molecule has 2 heterocycles. The average molecular weight is 470 g/mol. The lowest BCUT2D eigenvalue weighted by Crippen LogP contribution is -2.32. The Hall–Kier alpha value is -3.83. The number of rotatable bonds is 6. The summed E-state index contributed by atoms with van der Waals surface area (Å²) in [5, 5.41) is 2.22. The van der Waals surface area contributed by atoms with Crippen LogP contribution in [0.3, 0.4) is 0 Å². The first-order valence-electron chi connectivity index (χ1n) is 10.8. The minimum Gasteiger partial charge on any atom is -0.457 e. The molecule has 0 spiro atoms. The Balaban J connectivity index is 1.30. The van der Waals surface area contributed by atoms with E-state index in [1.54, 1.807) is 12.4 Å². The Kier molecular flexibility index (Phi) is 5.95. The first-order valence-corrected chi connectivity index (χ1v) is 12.6. The number of pyridine rings is 2. The van der Waals surface area contributed by atoms with Crippen LogP contribution in [0, 0.1) is 0 Å². The summed E-state index contributed by atoms with van der Waals surface area (Å²) in [4.78, 5) is 18.2. The van der Waals surface area contributed by atoms with Crippen molar-refractivity contribution in [2.45, 2.75) is 6.29 Å². The van der Waals surface area contributed by atoms with Crippen molar-refractivity contribution in [2.75, 3.05) is 0 Å². The van der Waals surface area contributed by atoms with Crippen molar-refractivity contribution in [2.24, 2.45) is 0 Å². The van der Waals surface area contributed by atoms with E-state index in [0.29, 0.717) is 0 Å². The quantitative estimate of drug-likeness (QED) is 0.271. The molecule has 0 atom stereocenters. The zero-order valence-corrected chi connectivity index (χ0v) is 19.1. The molecule has 0 saturated heterocycles. The van der Waals surface area contributed by atoms with E-state index in [2.05, 4.69) is 18.2 Å². The van der Waals surface area contributed by atoms with E-state index in [1.807, 2.05) is 89.8 Å². The molecule has 168 valence electrons. The maximum absolute atomic E-state index is 11.2. The average Bonchev–Trinajstić information content (AvgIpc) is 2.84. The molecule has 0 saturated carbocycles. The van der Waals surface area contributed by atoms with Crippen LogP contribution in [0.5, 0.6) is 11.5 Å². The smallest absolute Gasteiger partial charge is 0.390 e. The molecule has 6 nitrogen and oxygen atoms in total. The zero-order chi connectivity index (χ0) is 23.5. The second-order valence-electron chi connectivity index (χ2n) is 7.97. The maximum atomic E-state index is 11.2. The van der Waals surface area contributed by atoms with Crippen molar-refractivity contribution in [3.05, 3.63) is 116 Å². The Morgan fingerprint density at radius 2 is 1.32 bits per heavy atom. The molecule has 5 rings (SSSR count). The van der Waals surface area contributed by atoms with Crippen molar-refractivity contribution < 1.29 is 28.2 Å². The van der Waals surface area contributed by atoms with E-state index in [9.17, 15) is 4.57 Å². The van der Waals surface area contributed by atoms with Gasteiger partial charge in [-0.3, -0.25) is 4.57 Å². The third kappa shape index (κ3) is 5.05. The van der Waals surface area contributed by atoms with Gasteiger partial charge in [-0.1, -0.05) is 36.4 Å². The van der Waals surface area contributed by atoms with Crippen molar-refractivity contribution in [3.8, 4) is 28.3 Å². The molecule has 0 aliphatic carbocycles. The minimum atomic E-state index is -4.10. The molecule has 3 aromatic carbocycles. The van der Waals surface area contributed by atoms with Crippen LogP contribution in [0.2, 0.25) is 0 Å². The van der Waals surface area contributed by atoms with E-state index in [4.69, 9.17) is 14.5 Å². The molecule has 0 aliphatic heterocycles. The maximum Gasteiger partial charge on any atom is 0.390 e. The van der Waals surface area contributed by atoms with Crippen LogP contribution < -0.4 is 13.9 Å². The van der Waals surface area contributed by atoms with E-state index < -0.39 is 7.60 Å². The van der Waals surface area contributed by atoms with Crippen molar-refractivity contribution in [1.29, 1.82) is 0 Å². The van der Waals surface area contributed by atoms with Gasteiger partial charge in [0.05, 0.1) is 0 Å². The van der Waals surface area contributed by atoms with Crippen LogP contribution in [0.25, 0.3) is 27.6 Å². The van der Waals surface area contributed by atoms with Gasteiger partial charge < -0.3 is 14.5 Å². The van der Waals surface area contributed by atoms with Gasteiger partial charge in [0.15, 0.2) is 24.8 Å². The molecule has 34 heavy (non-hydrogen) atoms. The standard InChI is InChI=1S/C27H21N2O4P/c30-34(31,32)20-28-16-12-21(13-17-28)22-14-18-29(19-15-22)24-8-10-25(11-9-24)33-27-7-3-5-23-4-1-2-6-26(23)27/h1-19H,20H2/p+2. The summed E-state index contributed by atoms with van der Waals surface area (Å²) in [7, 11) is -4.10. The highest BCUT2D eigenvalue weighted by Crippen LogP contribution is 2.34. The van der Waals surface area contributed by atoms with Gasteiger partial charge in [0.2, 0.25) is 12.0 Å². The van der Waals surface area contributed by atoms with Gasteiger partial charge in [-0.15, -0.1) is 0 Å². The van der Waals surface area contributed by atoms with Gasteiger partial charge >= 0.3 is 7.60 Å². The first kappa shape index (κ1) is 22.0. The largest absolute Gasteiger partial charge is 0.457 e. The van der Waals surface area contributed by atoms with E-state index in [1.165, 1.54) is 4.57 Å². The Morgan fingerprint density at radius 1 is 0.706 bits per heavy atom. The third-order valence-electron chi connectivity index (χ3n) is 5.51. The topological polar surface area (TPSA) is 74.5 Å². The van der Waals surface area contributed by atoms with Gasteiger partial charge in [0.25, 0.3) is 0 Å². The molecular formula is C27H23N2O4P+2. The summed E-state index contributed by atoms with van der Waals surface area (Å²) in [6.45, 7) is 0. The predicted octanol–water partition coefficient (Wildman–Crippen LogP) is 5.00. The molecular weight excluding hydrogens is 447 g/mol. The molecule has 0 unspecified atom stereocenters. The predicted molar refractivity (Wildman–Crippen MR) is 130 cm³/mol. The van der Waals surface area contributed by atoms with Gasteiger partial charge in [0, 0.05) is 41.8 Å². The molecule has 0 aliphatic rings. The molecule has 0 fully saturated rings. The number of hydrogen-bond acceptors (Lipinski definition) is 2. The Labute approximate surface area is 197 Å². The van der Waals surface area contributed by atoms with Crippen LogP contribution in [0.1, 0.15) is 0 Å². The van der Waals surface area contributed by atoms with Gasteiger partial charge in [0.1, 0.15) is 11.5 Å². The highest BCUT2D eigenvalue weighted by molar-refractivity contribution is 7.50. The first-order chi connectivity index (χ1) is 16.4. The lowest BCUT2D eigenvalue weighted by atomic mass is 10.1. The molecule has 0 radical (unpaired) electrons. The van der Waals surface area contributed by atoms with E-state index in [0.717, 1.165) is 39.1 Å². The van der Waals surface area contributed by atoms with Gasteiger partial charge in [-0.05, 0) is 34.7 Å². The fourth-order valence-electron chi connectivity index (χ4n) is 3.85. The third-order valence-corrected chi connectivity index (χ3v) is 6.21. The van der Waals surface area contributed by atoms with Crippen molar-refractivity contribution in [1.82, 2.24) is 0 Å². The van der Waals surface area contributed by atoms with Crippen molar-refractivity contribution in [3.63, 3.8) is 0 Å². The van der Waals surface area contributed by atoms with Crippen LogP contribution in [0.4, 0.5) is 0 Å². The molecule has 0 bridgehead atoms. The zero-order valence-electron chi connectivity index (χ0n) is 18.2. The Morgan fingerprint density at radius 3 is 2.00 bits per heavy atom. The van der Waals surface area contributed by atoms with Gasteiger partial charge in [-0.25, -0.2) is 0 Å². The lowest BCUT2D eigenvalue weighted by Gasteiger charge is -2.09. The second-order valence-corrected chi connectivity index (χ2v) is 9.59. The number of aromatic nitrogens is 2. The number of ether oxygens (including phenoxy) is 1. The Bertz CT molecular complexity index is 1470. The van der Waals surface area contributed by atoms with Crippen LogP contribution in [-0.4, -0.2) is 9.79 Å². The highest BCUT2D eigenvalue weighted by Gasteiger charge is 2.19. The summed E-state index contributed by atoms with van der Waals surface area (Å²) < 4.78 is 20.8. The summed E-state index contributed by atoms with van der Waals surface area (Å²) in [5.74, 6) is 1.60. The van der Waals surface area contributed by atoms with E-state index >= 15 is 0 Å². The number of hydrogen-bond donors (Lipinski definition) is 2. The summed E-state index contributed by atoms with van der Waals surface area (Å²) in [6, 6.07) is 29.8. The van der Waals surface area contributed by atoms with Crippen LogP contribution >= 0.6 is 7.60 Å². The molecule has 7 heteroatoms. The number of nitrogens with zero attached hydrogens (tertiary/aromatic N) is 2. The molecule has 5 aromatic rings. The number of fused-ring (bicyclic) bond motifs is 1. The highest BCUT2D eigenvalue weighted by atomic mass is 31.2. The number of benzene rings is 3. The second kappa shape index (κ2) is 9.20. The minimum absolute atomic E-state index is 0.331. The monoisotopic (exact) mass is 470 g/mol. The summed E-state index contributed by atoms with van der Waals surface area (Å²) in [6.07, 6.45) is 6.97. The lowest BCUT2D eigenvalue weighted by molar-refractivity contribution is -0.679. The van der Waals surface area contributed by atoms with Gasteiger partial charge in [-0.2, -0.15) is 9.13 Å². The fourth-order valence-corrected chi connectivity index (χ4v) is 4.46. The van der Waals surface area contributed by atoms with Crippen LogP contribution in [-0.2, 0) is 10.9 Å². The summed E-state index contributed by atoms with van der Waals surface area (Å²) in [5.41, 5.74) is 2.98. The fraction of sp³-hybridized carbons (Fsp3) is 0.0370. The van der Waals surface area contributed by atoms with E-state index in [-0.39, 0.29) is 6.29 Å². The van der Waals surface area contributed by atoms with Crippen molar-refractivity contribution >= 4 is 18.4 Å². The normalized spacial score (nSPS) is 11.5.